The van der Waals surface area contributed by atoms with Crippen LogP contribution in [0.25, 0.3) is 0 Å². The van der Waals surface area contributed by atoms with Crippen LogP contribution in [0.2, 0.25) is 10.0 Å². The molecule has 20 heteroatoms. The third kappa shape index (κ3) is 8.19. The first-order valence-corrected chi connectivity index (χ1v) is 13.5. The van der Waals surface area contributed by atoms with E-state index in [1.807, 2.05) is 0 Å². The largest absolute Gasteiger partial charge is 0.325 e. The third-order valence-electron chi connectivity index (χ3n) is 4.53. The Morgan fingerprint density at radius 2 is 1.66 bits per heavy atom. The molecule has 1 aliphatic heterocycles. The van der Waals surface area contributed by atoms with E-state index in [0.717, 1.165) is 29.3 Å². The molecule has 0 fully saturated rings. The number of azo groups is 1. The van der Waals surface area contributed by atoms with Crippen molar-refractivity contribution in [1.29, 1.82) is 0 Å². The van der Waals surface area contributed by atoms with Crippen molar-refractivity contribution in [2.45, 2.75) is 22.8 Å². The van der Waals surface area contributed by atoms with Crippen LogP contribution in [0.5, 0.6) is 0 Å². The number of rotatable bonds is 7. The molecule has 0 aliphatic carbocycles. The Balaban J connectivity index is 0.00000361. The molecule has 3 rings (SSSR count). The Morgan fingerprint density at radius 3 is 2.21 bits per heavy atom. The van der Waals surface area contributed by atoms with Crippen LogP contribution >= 0.6 is 34.8 Å². The number of hydrogen-bond donors (Lipinski definition) is 3. The Hall–Kier alpha value is -0.660. The zero-order chi connectivity index (χ0) is 27.0. The van der Waals surface area contributed by atoms with Crippen LogP contribution in [0.4, 0.5) is 17.1 Å². The molecule has 2 amide bonds. The van der Waals surface area contributed by atoms with Gasteiger partial charge in [0.05, 0.1) is 21.4 Å². The van der Waals surface area contributed by atoms with Crippen LogP contribution < -0.4 is 10.3 Å². The molecule has 0 saturated carbocycles. The van der Waals surface area contributed by atoms with Gasteiger partial charge in [0.15, 0.2) is 6.04 Å². The average molecular weight is 645 g/mol. The van der Waals surface area contributed by atoms with Gasteiger partial charge >= 0.3 is 0 Å². The van der Waals surface area contributed by atoms with Gasteiger partial charge in [-0.05, 0) is 37.3 Å². The van der Waals surface area contributed by atoms with Crippen LogP contribution in [-0.2, 0) is 29.8 Å². The first-order valence-electron chi connectivity index (χ1n) is 9.37. The van der Waals surface area contributed by atoms with Crippen molar-refractivity contribution in [3.63, 3.8) is 0 Å². The smallest absolute Gasteiger partial charge is 0.296 e. The molecule has 1 heterocycles. The van der Waals surface area contributed by atoms with Gasteiger partial charge in [-0.3, -0.25) is 18.7 Å². The second-order valence-electron chi connectivity index (χ2n) is 7.06. The number of hydrogen-bond acceptors (Lipinski definition) is 9. The first kappa shape index (κ1) is 35.4. The van der Waals surface area contributed by atoms with Gasteiger partial charge in [0.2, 0.25) is 5.91 Å². The SMILES string of the molecule is CC1=NN(c2cc(Cl)c(S(=O)(=O)O)cc2Cl)C(=O)C1N=Nc1cc(NC(=O)CCl)ccc1S(=O)(=O)O.[Na].[Na]. The molecule has 0 aromatic heterocycles. The second-order valence-corrected chi connectivity index (χ2v) is 10.9. The van der Waals surface area contributed by atoms with E-state index >= 15 is 0 Å². The van der Waals surface area contributed by atoms with Crippen LogP contribution in [0, 0.1) is 0 Å². The standard InChI is InChI=1S/C18H14Cl3N5O8S2.2Na/c1-8-17(18(28)26(25-8)13-5-11(21)15(6-10(13)20)36(32,33)34)24-23-12-4-9(22-16(27)7-19)2-3-14(12)35(29,30)31;;/h2-6,17H,7H2,1H3,(H,22,27)(H,29,30,31)(H,32,33,34);;. The van der Waals surface area contributed by atoms with Crippen molar-refractivity contribution in [3.05, 3.63) is 40.4 Å². The number of carbonyl (C=O) groups excluding carboxylic acids is 2. The van der Waals surface area contributed by atoms with E-state index in [1.165, 1.54) is 13.0 Å². The van der Waals surface area contributed by atoms with Gasteiger partial charge in [-0.1, -0.05) is 23.2 Å². The molecule has 13 nitrogen and oxygen atoms in total. The number of anilines is 2. The molecule has 1 atom stereocenters. The molecular weight excluding hydrogens is 631 g/mol. The summed E-state index contributed by atoms with van der Waals surface area (Å²) in [5.74, 6) is -1.79. The molecule has 1 aliphatic rings. The number of nitrogens with one attached hydrogen (secondary N) is 1. The number of alkyl halides is 1. The Kier molecular flexibility index (Phi) is 12.8. The third-order valence-corrected chi connectivity index (χ3v) is 7.29. The fourth-order valence-corrected chi connectivity index (χ4v) is 4.95. The zero-order valence-corrected chi connectivity index (χ0v) is 27.7. The summed E-state index contributed by atoms with van der Waals surface area (Å²) in [5.41, 5.74) is -0.343. The van der Waals surface area contributed by atoms with Gasteiger partial charge in [-0.25, -0.2) is 0 Å². The van der Waals surface area contributed by atoms with Crippen LogP contribution in [0.3, 0.4) is 0 Å². The van der Waals surface area contributed by atoms with Gasteiger partial charge in [-0.2, -0.15) is 37.2 Å². The minimum Gasteiger partial charge on any atom is -0.325 e. The summed E-state index contributed by atoms with van der Waals surface area (Å²) in [4.78, 5) is 23.2. The summed E-state index contributed by atoms with van der Waals surface area (Å²) in [5, 5.41) is 14.1. The molecule has 194 valence electrons. The van der Waals surface area contributed by atoms with Gasteiger partial charge in [0.1, 0.15) is 21.4 Å². The Morgan fingerprint density at radius 1 is 1.05 bits per heavy atom. The number of amides is 2. The predicted molar refractivity (Wildman–Crippen MR) is 142 cm³/mol. The maximum absolute atomic E-state index is 13.0. The topological polar surface area (TPSA) is 195 Å². The normalized spacial score (nSPS) is 15.6. The zero-order valence-electron chi connectivity index (χ0n) is 19.8. The molecule has 0 bridgehead atoms. The summed E-state index contributed by atoms with van der Waals surface area (Å²) in [6.07, 6.45) is 0. The van der Waals surface area contributed by atoms with Crippen molar-refractivity contribution in [2.75, 3.05) is 16.2 Å². The van der Waals surface area contributed by atoms with Gasteiger partial charge in [0.25, 0.3) is 26.1 Å². The number of halogens is 3. The maximum atomic E-state index is 13.0. The monoisotopic (exact) mass is 643 g/mol. The van der Waals surface area contributed by atoms with E-state index in [-0.39, 0.29) is 87.1 Å². The molecule has 2 aromatic rings. The van der Waals surface area contributed by atoms with Crippen LogP contribution in [0.1, 0.15) is 6.92 Å². The molecular formula is C18H14Cl3N5Na2O8S2. The molecule has 38 heavy (non-hydrogen) atoms. The predicted octanol–water partition coefficient (Wildman–Crippen LogP) is 2.78. The van der Waals surface area contributed by atoms with E-state index in [2.05, 4.69) is 20.6 Å². The van der Waals surface area contributed by atoms with E-state index in [1.54, 1.807) is 0 Å². The summed E-state index contributed by atoms with van der Waals surface area (Å²) in [6.45, 7) is 1.41. The molecule has 0 saturated heterocycles. The maximum Gasteiger partial charge on any atom is 0.296 e. The fourth-order valence-electron chi connectivity index (χ4n) is 2.95. The van der Waals surface area contributed by atoms with E-state index < -0.39 is 58.6 Å². The van der Waals surface area contributed by atoms with Gasteiger partial charge < -0.3 is 5.32 Å². The second kappa shape index (κ2) is 13.8. The fraction of sp³-hybridized carbons (Fsp3) is 0.167. The van der Waals surface area contributed by atoms with Crippen molar-refractivity contribution in [2.24, 2.45) is 15.3 Å². The number of carbonyl (C=O) groups is 2. The number of benzene rings is 2. The quantitative estimate of drug-likeness (QED) is 0.177. The first-order chi connectivity index (χ1) is 16.6. The van der Waals surface area contributed by atoms with Crippen molar-refractivity contribution >= 4 is 149 Å². The molecule has 0 spiro atoms. The molecule has 2 aromatic carbocycles. The van der Waals surface area contributed by atoms with E-state index in [4.69, 9.17) is 34.8 Å². The minimum absolute atomic E-state index is 0. The molecule has 2 radical (unpaired) electrons. The van der Waals surface area contributed by atoms with Crippen LogP contribution in [0.15, 0.2) is 55.5 Å². The summed E-state index contributed by atoms with van der Waals surface area (Å²) >= 11 is 17.4. The van der Waals surface area contributed by atoms with Gasteiger partial charge in [0, 0.05) is 64.8 Å². The average Bonchev–Trinajstić information content (AvgIpc) is 3.05. The molecule has 1 unspecified atom stereocenters. The Bertz CT molecular complexity index is 1560. The summed E-state index contributed by atoms with van der Waals surface area (Å²) < 4.78 is 65.0. The molecule has 3 N–H and O–H groups in total. The van der Waals surface area contributed by atoms with Crippen molar-refractivity contribution < 1.29 is 35.5 Å². The van der Waals surface area contributed by atoms with Crippen molar-refractivity contribution in [3.8, 4) is 0 Å². The summed E-state index contributed by atoms with van der Waals surface area (Å²) in [6, 6.07) is 3.71. The number of nitrogens with zero attached hydrogens (tertiary/aromatic N) is 4. The Labute approximate surface area is 276 Å². The van der Waals surface area contributed by atoms with Gasteiger partial charge in [-0.15, -0.1) is 11.6 Å². The van der Waals surface area contributed by atoms with E-state index in [0.29, 0.717) is 0 Å². The summed E-state index contributed by atoms with van der Waals surface area (Å²) in [7, 11) is -9.45. The minimum atomic E-state index is -4.76. The van der Waals surface area contributed by atoms with Crippen LogP contribution in [-0.4, -0.2) is 115 Å². The number of hydrazone groups is 1. The van der Waals surface area contributed by atoms with Crippen molar-refractivity contribution in [1.82, 2.24) is 0 Å². The van der Waals surface area contributed by atoms with E-state index in [9.17, 15) is 35.5 Å².